The third kappa shape index (κ3) is 3.45. The quantitative estimate of drug-likeness (QED) is 0.842. The smallest absolute Gasteiger partial charge is 0.225 e. The van der Waals surface area contributed by atoms with Gasteiger partial charge >= 0.3 is 0 Å². The zero-order chi connectivity index (χ0) is 13.8. The summed E-state index contributed by atoms with van der Waals surface area (Å²) in [6.07, 6.45) is 2.15. The molecule has 2 rings (SSSR count). The van der Waals surface area contributed by atoms with Gasteiger partial charge in [-0.3, -0.25) is 9.78 Å². The van der Waals surface area contributed by atoms with Crippen LogP contribution in [0.2, 0.25) is 0 Å². The largest absolute Gasteiger partial charge is 0.325 e. The number of nitrogens with zero attached hydrogens (tertiary/aromatic N) is 2. The highest BCUT2D eigenvalue weighted by molar-refractivity contribution is 7.80. The molecular weight excluding hydrogens is 258 g/mol. The summed E-state index contributed by atoms with van der Waals surface area (Å²) in [6, 6.07) is 7.53. The van der Waals surface area contributed by atoms with Gasteiger partial charge in [0.25, 0.3) is 0 Å². The van der Waals surface area contributed by atoms with E-state index in [0.717, 1.165) is 28.0 Å². The number of para-hydroxylation sites is 1. The van der Waals surface area contributed by atoms with Crippen LogP contribution in [0, 0.1) is 0 Å². The molecule has 2 aromatic rings. The maximum absolute atomic E-state index is 11.9. The average Bonchev–Trinajstić information content (AvgIpc) is 2.38. The fourth-order valence-electron chi connectivity index (χ4n) is 1.81. The van der Waals surface area contributed by atoms with E-state index in [2.05, 4.69) is 22.9 Å². The number of aromatic nitrogens is 1. The van der Waals surface area contributed by atoms with E-state index in [9.17, 15) is 4.79 Å². The average molecular weight is 275 g/mol. The SMILES string of the molecule is CN(C)CCC(=O)Nc1ccnc2c(S)cccc12. The molecule has 4 nitrogen and oxygen atoms in total. The van der Waals surface area contributed by atoms with Crippen molar-refractivity contribution in [2.24, 2.45) is 0 Å². The van der Waals surface area contributed by atoms with Crippen LogP contribution < -0.4 is 5.32 Å². The van der Waals surface area contributed by atoms with E-state index < -0.39 is 0 Å². The summed E-state index contributed by atoms with van der Waals surface area (Å²) in [5.74, 6) is 0.00534. The van der Waals surface area contributed by atoms with Crippen molar-refractivity contribution in [3.8, 4) is 0 Å². The van der Waals surface area contributed by atoms with Crippen LogP contribution in [0.15, 0.2) is 35.4 Å². The first-order valence-corrected chi connectivity index (χ1v) is 6.54. The number of fused-ring (bicyclic) bond motifs is 1. The normalized spacial score (nSPS) is 10.9. The molecule has 0 saturated carbocycles. The van der Waals surface area contributed by atoms with E-state index in [1.54, 1.807) is 6.20 Å². The van der Waals surface area contributed by atoms with Gasteiger partial charge in [-0.25, -0.2) is 0 Å². The predicted octanol–water partition coefficient (Wildman–Crippen LogP) is 2.41. The van der Waals surface area contributed by atoms with Crippen LogP contribution in [-0.2, 0) is 4.79 Å². The van der Waals surface area contributed by atoms with Crippen LogP contribution in [0.4, 0.5) is 5.69 Å². The number of benzene rings is 1. The molecule has 5 heteroatoms. The number of carbonyl (C=O) groups is 1. The predicted molar refractivity (Wildman–Crippen MR) is 80.8 cm³/mol. The Morgan fingerprint density at radius 2 is 2.16 bits per heavy atom. The molecule has 0 unspecified atom stereocenters. The highest BCUT2D eigenvalue weighted by atomic mass is 32.1. The number of amides is 1. The van der Waals surface area contributed by atoms with Crippen LogP contribution >= 0.6 is 12.6 Å². The van der Waals surface area contributed by atoms with Gasteiger partial charge in [0, 0.05) is 29.4 Å². The van der Waals surface area contributed by atoms with Crippen LogP contribution in [0.5, 0.6) is 0 Å². The maximum atomic E-state index is 11.9. The Kier molecular flexibility index (Phi) is 4.39. The third-order valence-electron chi connectivity index (χ3n) is 2.81. The number of thiol groups is 1. The Hall–Kier alpha value is -1.59. The lowest BCUT2D eigenvalue weighted by Gasteiger charge is -2.11. The van der Waals surface area contributed by atoms with E-state index in [4.69, 9.17) is 0 Å². The molecule has 19 heavy (non-hydrogen) atoms. The van der Waals surface area contributed by atoms with Gasteiger partial charge in [0.2, 0.25) is 5.91 Å². The number of carbonyl (C=O) groups excluding carboxylic acids is 1. The second kappa shape index (κ2) is 6.04. The van der Waals surface area contributed by atoms with Crippen LogP contribution in [0.25, 0.3) is 10.9 Å². The summed E-state index contributed by atoms with van der Waals surface area (Å²) in [5.41, 5.74) is 1.58. The van der Waals surface area contributed by atoms with Gasteiger partial charge in [-0.1, -0.05) is 12.1 Å². The number of anilines is 1. The Bertz CT molecular complexity index is 598. The van der Waals surface area contributed by atoms with Gasteiger partial charge in [0.15, 0.2) is 0 Å². The summed E-state index contributed by atoms with van der Waals surface area (Å²) in [7, 11) is 3.89. The first-order valence-electron chi connectivity index (χ1n) is 6.09. The molecule has 0 aliphatic heterocycles. The summed E-state index contributed by atoms with van der Waals surface area (Å²) in [5, 5.41) is 3.84. The van der Waals surface area contributed by atoms with E-state index in [0.29, 0.717) is 6.42 Å². The minimum absolute atomic E-state index is 0.00534. The molecule has 0 bridgehead atoms. The molecule has 0 aliphatic rings. The Labute approximate surface area is 118 Å². The summed E-state index contributed by atoms with van der Waals surface area (Å²) in [4.78, 5) is 18.9. The molecule has 0 fully saturated rings. The van der Waals surface area contributed by atoms with E-state index >= 15 is 0 Å². The molecular formula is C14H17N3OS. The molecule has 100 valence electrons. The zero-order valence-corrected chi connectivity index (χ0v) is 11.9. The van der Waals surface area contributed by atoms with E-state index in [-0.39, 0.29) is 5.91 Å². The lowest BCUT2D eigenvalue weighted by atomic mass is 10.2. The molecule has 0 aliphatic carbocycles. The van der Waals surface area contributed by atoms with Gasteiger partial charge < -0.3 is 10.2 Å². The molecule has 0 spiro atoms. The molecule has 0 atom stereocenters. The number of hydrogen-bond acceptors (Lipinski definition) is 4. The van der Waals surface area contributed by atoms with Crippen LogP contribution in [0.1, 0.15) is 6.42 Å². The first kappa shape index (κ1) is 13.8. The Morgan fingerprint density at radius 1 is 1.37 bits per heavy atom. The summed E-state index contributed by atoms with van der Waals surface area (Å²) >= 11 is 4.37. The van der Waals surface area contributed by atoms with Crippen molar-refractivity contribution >= 4 is 35.1 Å². The summed E-state index contributed by atoms with van der Waals surface area (Å²) < 4.78 is 0. The standard InChI is InChI=1S/C14H17N3OS/c1-17(2)9-7-13(18)16-11-6-8-15-14-10(11)4-3-5-12(14)19/h3-6,8,19H,7,9H2,1-2H3,(H,15,16,18). The number of nitrogens with one attached hydrogen (secondary N) is 1. The highest BCUT2D eigenvalue weighted by Crippen LogP contribution is 2.25. The molecule has 1 N–H and O–H groups in total. The topological polar surface area (TPSA) is 45.2 Å². The van der Waals surface area contributed by atoms with Gasteiger partial charge in [0.05, 0.1) is 11.2 Å². The van der Waals surface area contributed by atoms with Gasteiger partial charge in [-0.05, 0) is 26.2 Å². The van der Waals surface area contributed by atoms with Crippen molar-refractivity contribution in [3.05, 3.63) is 30.5 Å². The fourth-order valence-corrected chi connectivity index (χ4v) is 2.07. The lowest BCUT2D eigenvalue weighted by Crippen LogP contribution is -2.20. The molecule has 1 aromatic carbocycles. The molecule has 1 aromatic heterocycles. The number of pyridine rings is 1. The van der Waals surface area contributed by atoms with Gasteiger partial charge in [-0.2, -0.15) is 0 Å². The van der Waals surface area contributed by atoms with Crippen molar-refractivity contribution in [1.29, 1.82) is 0 Å². The highest BCUT2D eigenvalue weighted by Gasteiger charge is 2.08. The molecule has 1 heterocycles. The maximum Gasteiger partial charge on any atom is 0.225 e. The molecule has 0 saturated heterocycles. The van der Waals surface area contributed by atoms with Crippen molar-refractivity contribution in [3.63, 3.8) is 0 Å². The second-order valence-corrected chi connectivity index (χ2v) is 5.12. The Balaban J connectivity index is 2.21. The minimum Gasteiger partial charge on any atom is -0.325 e. The number of hydrogen-bond donors (Lipinski definition) is 2. The monoisotopic (exact) mass is 275 g/mol. The first-order chi connectivity index (χ1) is 9.08. The fraction of sp³-hybridized carbons (Fsp3) is 0.286. The lowest BCUT2D eigenvalue weighted by molar-refractivity contribution is -0.116. The van der Waals surface area contributed by atoms with Crippen molar-refractivity contribution in [1.82, 2.24) is 9.88 Å². The van der Waals surface area contributed by atoms with Crippen molar-refractivity contribution in [2.45, 2.75) is 11.3 Å². The third-order valence-corrected chi connectivity index (χ3v) is 3.17. The van der Waals surface area contributed by atoms with Crippen LogP contribution in [-0.4, -0.2) is 36.4 Å². The van der Waals surface area contributed by atoms with Crippen LogP contribution in [0.3, 0.4) is 0 Å². The molecule has 1 amide bonds. The van der Waals surface area contributed by atoms with E-state index in [1.165, 1.54) is 0 Å². The zero-order valence-electron chi connectivity index (χ0n) is 11.1. The minimum atomic E-state index is 0.00534. The molecule has 0 radical (unpaired) electrons. The Morgan fingerprint density at radius 3 is 2.89 bits per heavy atom. The van der Waals surface area contributed by atoms with Gasteiger partial charge in [0.1, 0.15) is 0 Å². The van der Waals surface area contributed by atoms with Crippen molar-refractivity contribution in [2.75, 3.05) is 26.0 Å². The van der Waals surface area contributed by atoms with Gasteiger partial charge in [-0.15, -0.1) is 12.6 Å². The summed E-state index contributed by atoms with van der Waals surface area (Å²) in [6.45, 7) is 0.729. The second-order valence-electron chi connectivity index (χ2n) is 4.63. The van der Waals surface area contributed by atoms with E-state index in [1.807, 2.05) is 43.3 Å². The number of rotatable bonds is 4. The van der Waals surface area contributed by atoms with Crippen molar-refractivity contribution < 1.29 is 4.79 Å².